The van der Waals surface area contributed by atoms with Gasteiger partial charge >= 0.3 is 0 Å². The summed E-state index contributed by atoms with van der Waals surface area (Å²) < 4.78 is 32.3. The number of amides is 1. The van der Waals surface area contributed by atoms with E-state index in [1.54, 1.807) is 29.2 Å². The topological polar surface area (TPSA) is 111 Å². The van der Waals surface area contributed by atoms with Gasteiger partial charge < -0.3 is 9.64 Å². The highest BCUT2D eigenvalue weighted by Crippen LogP contribution is 2.24. The number of piperidine rings is 2. The van der Waals surface area contributed by atoms with Gasteiger partial charge in [-0.25, -0.2) is 17.4 Å². The minimum absolute atomic E-state index is 0.00835. The molecule has 162 valence electrons. The summed E-state index contributed by atoms with van der Waals surface area (Å²) in [6.45, 7) is 2.10. The molecule has 0 saturated carbocycles. The molecule has 30 heavy (non-hydrogen) atoms. The fourth-order valence-electron chi connectivity index (χ4n) is 3.96. The van der Waals surface area contributed by atoms with Crippen LogP contribution in [-0.4, -0.2) is 82.0 Å². The summed E-state index contributed by atoms with van der Waals surface area (Å²) in [6.07, 6.45) is 7.31. The molecule has 4 heterocycles. The molecule has 2 aromatic rings. The molecule has 0 radical (unpaired) electrons. The van der Waals surface area contributed by atoms with Gasteiger partial charge in [0.15, 0.2) is 5.82 Å². The number of hydrogen-bond acceptors (Lipinski definition) is 7. The number of hydrogen-bond donors (Lipinski definition) is 0. The number of ether oxygens (including phenoxy) is 1. The first-order valence-electron chi connectivity index (χ1n) is 10.1. The monoisotopic (exact) mass is 434 g/mol. The summed E-state index contributed by atoms with van der Waals surface area (Å²) in [4.78, 5) is 14.7. The lowest BCUT2D eigenvalue weighted by Gasteiger charge is -2.36. The smallest absolute Gasteiger partial charge is 0.233 e. The molecule has 1 amide bonds. The van der Waals surface area contributed by atoms with Gasteiger partial charge in [0.25, 0.3) is 0 Å². The van der Waals surface area contributed by atoms with Crippen LogP contribution >= 0.6 is 0 Å². The van der Waals surface area contributed by atoms with Gasteiger partial charge in [-0.3, -0.25) is 4.79 Å². The van der Waals surface area contributed by atoms with Gasteiger partial charge in [-0.15, -0.1) is 10.2 Å². The lowest BCUT2D eigenvalue weighted by atomic mass is 9.95. The molecule has 0 aliphatic carbocycles. The van der Waals surface area contributed by atoms with Crippen molar-refractivity contribution in [2.75, 3.05) is 32.4 Å². The molecular weight excluding hydrogens is 408 g/mol. The second-order valence-electron chi connectivity index (χ2n) is 7.76. The van der Waals surface area contributed by atoms with E-state index in [1.807, 2.05) is 11.0 Å². The highest BCUT2D eigenvalue weighted by atomic mass is 32.2. The molecule has 0 unspecified atom stereocenters. The fourth-order valence-corrected chi connectivity index (χ4v) is 4.83. The predicted octanol–water partition coefficient (Wildman–Crippen LogP) is 0.704. The van der Waals surface area contributed by atoms with Crippen molar-refractivity contribution in [3.63, 3.8) is 0 Å². The van der Waals surface area contributed by atoms with Crippen LogP contribution in [0.3, 0.4) is 0 Å². The van der Waals surface area contributed by atoms with Crippen molar-refractivity contribution in [3.05, 3.63) is 30.6 Å². The quantitative estimate of drug-likeness (QED) is 0.681. The van der Waals surface area contributed by atoms with Crippen LogP contribution in [0.25, 0.3) is 5.82 Å². The van der Waals surface area contributed by atoms with Gasteiger partial charge in [0.05, 0.1) is 6.26 Å². The Morgan fingerprint density at radius 2 is 1.80 bits per heavy atom. The van der Waals surface area contributed by atoms with E-state index in [2.05, 4.69) is 15.3 Å². The van der Waals surface area contributed by atoms with Crippen LogP contribution in [0.2, 0.25) is 0 Å². The van der Waals surface area contributed by atoms with Gasteiger partial charge in [-0.05, 0) is 25.0 Å². The fraction of sp³-hybridized carbons (Fsp3) is 0.579. The summed E-state index contributed by atoms with van der Waals surface area (Å²) in [7, 11) is -3.18. The number of carbonyl (C=O) groups excluding carboxylic acids is 1. The average Bonchev–Trinajstić information content (AvgIpc) is 3.29. The van der Waals surface area contributed by atoms with Crippen molar-refractivity contribution in [3.8, 4) is 11.7 Å². The molecule has 0 aromatic carbocycles. The minimum atomic E-state index is -3.18. The van der Waals surface area contributed by atoms with Crippen LogP contribution in [0.15, 0.2) is 30.6 Å². The lowest BCUT2D eigenvalue weighted by molar-refractivity contribution is -0.138. The second kappa shape index (κ2) is 8.68. The Kier molecular flexibility index (Phi) is 6.00. The lowest BCUT2D eigenvalue weighted by Crippen LogP contribution is -2.47. The number of likely N-dealkylation sites (tertiary alicyclic amines) is 1. The molecule has 2 fully saturated rings. The van der Waals surface area contributed by atoms with Crippen molar-refractivity contribution in [1.82, 2.24) is 29.2 Å². The zero-order valence-electron chi connectivity index (χ0n) is 16.9. The van der Waals surface area contributed by atoms with E-state index in [-0.39, 0.29) is 17.9 Å². The molecule has 0 atom stereocenters. The summed E-state index contributed by atoms with van der Waals surface area (Å²) >= 11 is 0. The highest BCUT2D eigenvalue weighted by molar-refractivity contribution is 7.88. The van der Waals surface area contributed by atoms with Gasteiger partial charge in [0.2, 0.25) is 21.8 Å². The molecule has 2 aromatic heterocycles. The minimum Gasteiger partial charge on any atom is -0.473 e. The molecule has 2 aliphatic rings. The van der Waals surface area contributed by atoms with E-state index in [1.165, 1.54) is 10.6 Å². The van der Waals surface area contributed by atoms with Crippen molar-refractivity contribution in [2.24, 2.45) is 5.92 Å². The first kappa shape index (κ1) is 20.7. The number of nitrogens with zero attached hydrogens (tertiary/aromatic N) is 6. The van der Waals surface area contributed by atoms with Crippen LogP contribution in [-0.2, 0) is 14.8 Å². The molecule has 2 saturated heterocycles. The van der Waals surface area contributed by atoms with Crippen molar-refractivity contribution < 1.29 is 17.9 Å². The number of carbonyl (C=O) groups is 1. The Morgan fingerprint density at radius 1 is 1.07 bits per heavy atom. The Labute approximate surface area is 175 Å². The van der Waals surface area contributed by atoms with E-state index in [4.69, 9.17) is 4.74 Å². The van der Waals surface area contributed by atoms with Gasteiger partial charge in [0.1, 0.15) is 6.10 Å². The van der Waals surface area contributed by atoms with E-state index >= 15 is 0 Å². The second-order valence-corrected chi connectivity index (χ2v) is 9.74. The average molecular weight is 435 g/mol. The molecule has 4 rings (SSSR count). The van der Waals surface area contributed by atoms with Crippen molar-refractivity contribution in [2.45, 2.75) is 31.8 Å². The zero-order valence-corrected chi connectivity index (χ0v) is 17.7. The van der Waals surface area contributed by atoms with Crippen LogP contribution in [0.4, 0.5) is 0 Å². The highest BCUT2D eigenvalue weighted by Gasteiger charge is 2.33. The first-order chi connectivity index (χ1) is 14.4. The van der Waals surface area contributed by atoms with E-state index < -0.39 is 10.0 Å². The Hall–Kier alpha value is -2.53. The molecule has 0 spiro atoms. The van der Waals surface area contributed by atoms with Crippen LogP contribution in [0, 0.1) is 5.92 Å². The molecule has 11 heteroatoms. The Bertz CT molecular complexity index is 947. The normalized spacial score (nSPS) is 19.7. The van der Waals surface area contributed by atoms with Crippen LogP contribution in [0.1, 0.15) is 25.7 Å². The summed E-state index contributed by atoms with van der Waals surface area (Å²) in [5.41, 5.74) is 0. The Balaban J connectivity index is 1.24. The molecular formula is C19H26N6O4S. The van der Waals surface area contributed by atoms with E-state index in [0.717, 1.165) is 12.8 Å². The third kappa shape index (κ3) is 4.78. The third-order valence-corrected chi connectivity index (χ3v) is 6.98. The SMILES string of the molecule is CS(=O)(=O)N1CCC(C(=O)N2CCC(Oc3ccc(-n4cccn4)nn3)CC2)CC1. The number of rotatable bonds is 5. The first-order valence-corrected chi connectivity index (χ1v) is 12.0. The maximum Gasteiger partial charge on any atom is 0.233 e. The predicted molar refractivity (Wildman–Crippen MR) is 109 cm³/mol. The number of aromatic nitrogens is 4. The van der Waals surface area contributed by atoms with Gasteiger partial charge in [0, 0.05) is 63.4 Å². The molecule has 10 nitrogen and oxygen atoms in total. The summed E-state index contributed by atoms with van der Waals surface area (Å²) in [6, 6.07) is 5.39. The standard InChI is InChI=1S/C19H26N6O4S/c1-30(27,28)24-13-5-15(6-14-24)19(26)23-11-7-16(8-12-23)29-18-4-3-17(21-22-18)25-10-2-9-20-25/h2-4,9-10,15-16H,5-8,11-14H2,1H3. The molecule has 0 bridgehead atoms. The summed E-state index contributed by atoms with van der Waals surface area (Å²) in [5, 5.41) is 12.4. The molecule has 0 N–H and O–H groups in total. The van der Waals surface area contributed by atoms with Gasteiger partial charge in [-0.1, -0.05) is 0 Å². The van der Waals surface area contributed by atoms with Gasteiger partial charge in [-0.2, -0.15) is 5.10 Å². The van der Waals surface area contributed by atoms with E-state index in [0.29, 0.717) is 50.7 Å². The number of sulfonamides is 1. The largest absolute Gasteiger partial charge is 0.473 e. The maximum atomic E-state index is 12.8. The van der Waals surface area contributed by atoms with Crippen LogP contribution in [0.5, 0.6) is 5.88 Å². The van der Waals surface area contributed by atoms with E-state index in [9.17, 15) is 13.2 Å². The third-order valence-electron chi connectivity index (χ3n) is 5.68. The summed E-state index contributed by atoms with van der Waals surface area (Å²) in [5.74, 6) is 1.12. The zero-order chi connectivity index (χ0) is 21.1. The molecule has 2 aliphatic heterocycles. The van der Waals surface area contributed by atoms with Crippen molar-refractivity contribution >= 4 is 15.9 Å². The maximum absolute atomic E-state index is 12.8. The van der Waals surface area contributed by atoms with Crippen molar-refractivity contribution in [1.29, 1.82) is 0 Å². The van der Waals surface area contributed by atoms with Crippen LogP contribution < -0.4 is 4.74 Å². The Morgan fingerprint density at radius 3 is 2.37 bits per heavy atom.